The van der Waals surface area contributed by atoms with Crippen molar-refractivity contribution in [3.63, 3.8) is 0 Å². The van der Waals surface area contributed by atoms with E-state index in [1.165, 1.54) is 5.56 Å². The third-order valence-electron chi connectivity index (χ3n) is 4.02. The van der Waals surface area contributed by atoms with Crippen molar-refractivity contribution in [1.29, 1.82) is 0 Å². The number of rotatable bonds is 7. The molecule has 0 saturated heterocycles. The van der Waals surface area contributed by atoms with Crippen LogP contribution in [0, 0.1) is 0 Å². The molecule has 1 aliphatic heterocycles. The second kappa shape index (κ2) is 7.49. The molecule has 2 rings (SSSR count). The summed E-state index contributed by atoms with van der Waals surface area (Å²) in [6.07, 6.45) is 1.45. The van der Waals surface area contributed by atoms with E-state index in [1.807, 2.05) is 37.8 Å². The molecule has 0 aromatic heterocycles. The maximum absolute atomic E-state index is 11.4. The first-order valence-corrected chi connectivity index (χ1v) is 7.98. The van der Waals surface area contributed by atoms with Gasteiger partial charge in [-0.2, -0.15) is 0 Å². The van der Waals surface area contributed by atoms with Crippen LogP contribution in [0.1, 0.15) is 38.3 Å². The van der Waals surface area contributed by atoms with Crippen LogP contribution in [0.25, 0.3) is 0 Å². The van der Waals surface area contributed by atoms with Crippen LogP contribution in [-0.4, -0.2) is 41.8 Å². The fourth-order valence-corrected chi connectivity index (χ4v) is 2.98. The Labute approximate surface area is 131 Å². The van der Waals surface area contributed by atoms with E-state index in [1.54, 1.807) is 0 Å². The van der Waals surface area contributed by atoms with Crippen LogP contribution in [-0.2, 0) is 17.8 Å². The maximum atomic E-state index is 11.4. The minimum absolute atomic E-state index is 0.421. The largest absolute Gasteiger partial charge is 0.490 e. The molecular formula is C17H25NO4. The zero-order chi connectivity index (χ0) is 16.1. The van der Waals surface area contributed by atoms with Gasteiger partial charge in [0.2, 0.25) is 0 Å². The Bertz CT molecular complexity index is 530. The van der Waals surface area contributed by atoms with Gasteiger partial charge in [-0.3, -0.25) is 9.69 Å². The number of ether oxygens (including phenoxy) is 2. The van der Waals surface area contributed by atoms with Crippen molar-refractivity contribution < 1.29 is 19.4 Å². The summed E-state index contributed by atoms with van der Waals surface area (Å²) in [7, 11) is 0. The Kier molecular flexibility index (Phi) is 5.66. The molecule has 1 aromatic carbocycles. The molecule has 0 aliphatic carbocycles. The van der Waals surface area contributed by atoms with Crippen LogP contribution in [0.15, 0.2) is 12.1 Å². The summed E-state index contributed by atoms with van der Waals surface area (Å²) in [6.45, 7) is 8.40. The topological polar surface area (TPSA) is 59.0 Å². The highest BCUT2D eigenvalue weighted by Gasteiger charge is 2.28. The van der Waals surface area contributed by atoms with E-state index in [4.69, 9.17) is 9.47 Å². The molecule has 22 heavy (non-hydrogen) atoms. The fourth-order valence-electron chi connectivity index (χ4n) is 2.98. The second-order valence-corrected chi connectivity index (χ2v) is 5.42. The van der Waals surface area contributed by atoms with Gasteiger partial charge in [-0.15, -0.1) is 0 Å². The van der Waals surface area contributed by atoms with Crippen molar-refractivity contribution in [3.05, 3.63) is 23.3 Å². The predicted molar refractivity (Wildman–Crippen MR) is 84.6 cm³/mol. The Balaban J connectivity index is 2.27. The molecule has 0 spiro atoms. The first-order valence-electron chi connectivity index (χ1n) is 7.98. The molecule has 0 fully saturated rings. The van der Waals surface area contributed by atoms with Gasteiger partial charge in [0.25, 0.3) is 0 Å². The van der Waals surface area contributed by atoms with Crippen molar-refractivity contribution in [3.8, 4) is 11.5 Å². The number of fused-ring (bicyclic) bond motifs is 1. The molecule has 1 aliphatic rings. The molecule has 0 radical (unpaired) electrons. The molecule has 1 unspecified atom stereocenters. The SMILES string of the molecule is CCOc1cc2c(cc1OCC)CN(C(CC)C(=O)O)CC2. The Morgan fingerprint density at radius 2 is 1.77 bits per heavy atom. The van der Waals surface area contributed by atoms with Crippen molar-refractivity contribution in [2.24, 2.45) is 0 Å². The lowest BCUT2D eigenvalue weighted by molar-refractivity contribution is -0.143. The molecule has 1 atom stereocenters. The average Bonchev–Trinajstić information content (AvgIpc) is 2.49. The molecule has 5 heteroatoms. The van der Waals surface area contributed by atoms with Crippen LogP contribution in [0.3, 0.4) is 0 Å². The Hall–Kier alpha value is -1.75. The molecule has 1 heterocycles. The lowest BCUT2D eigenvalue weighted by Crippen LogP contribution is -2.43. The van der Waals surface area contributed by atoms with Gasteiger partial charge >= 0.3 is 5.97 Å². The van der Waals surface area contributed by atoms with E-state index in [2.05, 4.69) is 0 Å². The van der Waals surface area contributed by atoms with Crippen molar-refractivity contribution in [2.75, 3.05) is 19.8 Å². The minimum atomic E-state index is -0.748. The summed E-state index contributed by atoms with van der Waals surface area (Å²) in [5.41, 5.74) is 2.36. The summed E-state index contributed by atoms with van der Waals surface area (Å²) in [5, 5.41) is 9.34. The molecule has 1 N–H and O–H groups in total. The van der Waals surface area contributed by atoms with Gasteiger partial charge in [0.15, 0.2) is 11.5 Å². The molecule has 0 saturated carbocycles. The van der Waals surface area contributed by atoms with Crippen LogP contribution in [0.2, 0.25) is 0 Å². The van der Waals surface area contributed by atoms with E-state index in [-0.39, 0.29) is 0 Å². The van der Waals surface area contributed by atoms with Crippen LogP contribution < -0.4 is 9.47 Å². The Morgan fingerprint density at radius 3 is 2.27 bits per heavy atom. The quantitative estimate of drug-likeness (QED) is 0.839. The molecule has 5 nitrogen and oxygen atoms in total. The third-order valence-corrected chi connectivity index (χ3v) is 4.02. The van der Waals surface area contributed by atoms with E-state index < -0.39 is 12.0 Å². The molecule has 0 bridgehead atoms. The number of benzene rings is 1. The molecule has 0 amide bonds. The lowest BCUT2D eigenvalue weighted by atomic mass is 9.97. The third kappa shape index (κ3) is 3.53. The van der Waals surface area contributed by atoms with Crippen LogP contribution in [0.5, 0.6) is 11.5 Å². The first kappa shape index (κ1) is 16.6. The number of hydrogen-bond acceptors (Lipinski definition) is 4. The number of hydrogen-bond donors (Lipinski definition) is 1. The monoisotopic (exact) mass is 307 g/mol. The van der Waals surface area contributed by atoms with E-state index in [0.717, 1.165) is 30.0 Å². The Morgan fingerprint density at radius 1 is 1.18 bits per heavy atom. The average molecular weight is 307 g/mol. The van der Waals surface area contributed by atoms with Crippen molar-refractivity contribution >= 4 is 5.97 Å². The van der Waals surface area contributed by atoms with Crippen molar-refractivity contribution in [1.82, 2.24) is 4.90 Å². The van der Waals surface area contributed by atoms with Gasteiger partial charge in [0, 0.05) is 13.1 Å². The predicted octanol–water partition coefficient (Wildman–Crippen LogP) is 2.71. The summed E-state index contributed by atoms with van der Waals surface area (Å²) >= 11 is 0. The zero-order valence-corrected chi connectivity index (χ0v) is 13.6. The zero-order valence-electron chi connectivity index (χ0n) is 13.6. The van der Waals surface area contributed by atoms with Gasteiger partial charge in [-0.1, -0.05) is 6.92 Å². The summed E-state index contributed by atoms with van der Waals surface area (Å²) in [5.74, 6) is 0.775. The number of carboxylic acid groups (broad SMARTS) is 1. The van der Waals surface area contributed by atoms with Crippen LogP contribution in [0.4, 0.5) is 0 Å². The lowest BCUT2D eigenvalue weighted by Gasteiger charge is -2.33. The van der Waals surface area contributed by atoms with Gasteiger partial charge in [-0.25, -0.2) is 0 Å². The maximum Gasteiger partial charge on any atom is 0.320 e. The normalized spacial score (nSPS) is 16.0. The summed E-state index contributed by atoms with van der Waals surface area (Å²) < 4.78 is 11.3. The van der Waals surface area contributed by atoms with Gasteiger partial charge in [0.05, 0.1) is 13.2 Å². The van der Waals surface area contributed by atoms with E-state index in [0.29, 0.717) is 26.2 Å². The minimum Gasteiger partial charge on any atom is -0.490 e. The van der Waals surface area contributed by atoms with Crippen LogP contribution >= 0.6 is 0 Å². The van der Waals surface area contributed by atoms with Gasteiger partial charge in [-0.05, 0) is 49.9 Å². The van der Waals surface area contributed by atoms with Gasteiger partial charge in [0.1, 0.15) is 6.04 Å². The first-order chi connectivity index (χ1) is 10.6. The highest BCUT2D eigenvalue weighted by atomic mass is 16.5. The van der Waals surface area contributed by atoms with E-state index >= 15 is 0 Å². The number of carboxylic acids is 1. The second-order valence-electron chi connectivity index (χ2n) is 5.42. The molecule has 122 valence electrons. The van der Waals surface area contributed by atoms with Gasteiger partial charge < -0.3 is 14.6 Å². The fraction of sp³-hybridized carbons (Fsp3) is 0.588. The smallest absolute Gasteiger partial charge is 0.320 e. The number of nitrogens with zero attached hydrogens (tertiary/aromatic N) is 1. The number of carbonyl (C=O) groups is 1. The van der Waals surface area contributed by atoms with Crippen molar-refractivity contribution in [2.45, 2.75) is 46.2 Å². The highest BCUT2D eigenvalue weighted by molar-refractivity contribution is 5.73. The standard InChI is InChI=1S/C17H25NO4/c1-4-14(17(19)20)18-8-7-12-9-15(21-5-2)16(22-6-3)10-13(12)11-18/h9-10,14H,4-8,11H2,1-3H3,(H,19,20). The summed E-state index contributed by atoms with van der Waals surface area (Å²) in [4.78, 5) is 13.4. The summed E-state index contributed by atoms with van der Waals surface area (Å²) in [6, 6.07) is 3.63. The molecule has 1 aromatic rings. The number of aliphatic carboxylic acids is 1. The highest BCUT2D eigenvalue weighted by Crippen LogP contribution is 2.34. The van der Waals surface area contributed by atoms with E-state index in [9.17, 15) is 9.90 Å². The molecular weight excluding hydrogens is 282 g/mol.